The summed E-state index contributed by atoms with van der Waals surface area (Å²) in [5.41, 5.74) is 11.6. The number of fused-ring (bicyclic) bond motifs is 1. The van der Waals surface area contributed by atoms with Crippen molar-refractivity contribution in [2.75, 3.05) is 45.8 Å². The van der Waals surface area contributed by atoms with Gasteiger partial charge in [0.2, 0.25) is 5.91 Å². The van der Waals surface area contributed by atoms with Gasteiger partial charge in [-0.1, -0.05) is 59.6 Å². The van der Waals surface area contributed by atoms with Crippen LogP contribution in [0.15, 0.2) is 66.9 Å². The van der Waals surface area contributed by atoms with Crippen molar-refractivity contribution in [3.63, 3.8) is 0 Å². The average Bonchev–Trinajstić information content (AvgIpc) is 3.40. The molecule has 1 aromatic heterocycles. The standard InChI is InChI=1S/C35H43Cl2N6OP/c36-31-3-1-4-32(37)30(31)23-42-19-17-41(18-20-42)22-25-5-10-33-28(21-25)29(26-6-8-27(45)9-7-26)24-43(33)16-2-13-40-34(44)35(38)11-14-39-15-12-35/h1,3-10,21,24,39H,2,11-20,22-23,38,45H2,(H,40,44). The van der Waals surface area contributed by atoms with Crippen LogP contribution in [0, 0.1) is 0 Å². The van der Waals surface area contributed by atoms with Gasteiger partial charge in [0, 0.05) is 90.6 Å². The highest BCUT2D eigenvalue weighted by atomic mass is 35.5. The van der Waals surface area contributed by atoms with Gasteiger partial charge in [-0.2, -0.15) is 0 Å². The second-order valence-electron chi connectivity index (χ2n) is 12.5. The molecule has 1 atom stereocenters. The Kier molecular flexibility index (Phi) is 10.5. The number of aromatic nitrogens is 1. The molecule has 0 aliphatic carbocycles. The maximum absolute atomic E-state index is 12.8. The summed E-state index contributed by atoms with van der Waals surface area (Å²) in [6.45, 7) is 8.63. The number of hydrogen-bond acceptors (Lipinski definition) is 5. The van der Waals surface area contributed by atoms with E-state index in [1.165, 1.54) is 32.9 Å². The number of hydrogen-bond donors (Lipinski definition) is 3. The maximum Gasteiger partial charge on any atom is 0.240 e. The summed E-state index contributed by atoms with van der Waals surface area (Å²) in [6, 6.07) is 21.3. The SMILES string of the molecule is NC1(C(=O)NCCCn2cc(-c3ccc(P)cc3)c3cc(CN4CCN(Cc5c(Cl)cccc5Cl)CC4)ccc32)CCNCC1. The lowest BCUT2D eigenvalue weighted by atomic mass is 9.88. The van der Waals surface area contributed by atoms with E-state index in [9.17, 15) is 4.79 Å². The van der Waals surface area contributed by atoms with Crippen molar-refractivity contribution in [3.05, 3.63) is 88.0 Å². The van der Waals surface area contributed by atoms with E-state index in [1.54, 1.807) is 0 Å². The van der Waals surface area contributed by atoms with Gasteiger partial charge in [-0.15, -0.1) is 9.24 Å². The molecule has 0 bridgehead atoms. The highest BCUT2D eigenvalue weighted by Crippen LogP contribution is 2.32. The number of nitrogens with zero attached hydrogens (tertiary/aromatic N) is 3. The third-order valence-electron chi connectivity index (χ3n) is 9.29. The van der Waals surface area contributed by atoms with Gasteiger partial charge in [0.25, 0.3) is 0 Å². The van der Waals surface area contributed by atoms with Crippen molar-refractivity contribution in [3.8, 4) is 11.1 Å². The molecule has 2 saturated heterocycles. The van der Waals surface area contributed by atoms with Crippen molar-refractivity contribution < 1.29 is 4.79 Å². The Balaban J connectivity index is 1.12. The number of halogens is 2. The number of aryl methyl sites for hydroxylation is 1. The van der Waals surface area contributed by atoms with E-state index in [1.807, 2.05) is 18.2 Å². The Morgan fingerprint density at radius 3 is 2.29 bits per heavy atom. The third kappa shape index (κ3) is 7.74. The number of piperidine rings is 1. The van der Waals surface area contributed by atoms with Gasteiger partial charge in [0.05, 0.1) is 5.54 Å². The molecule has 4 aromatic rings. The zero-order chi connectivity index (χ0) is 31.4. The summed E-state index contributed by atoms with van der Waals surface area (Å²) < 4.78 is 2.33. The van der Waals surface area contributed by atoms with Gasteiger partial charge >= 0.3 is 0 Å². The molecule has 0 spiro atoms. The van der Waals surface area contributed by atoms with E-state index in [0.717, 1.165) is 80.9 Å². The lowest BCUT2D eigenvalue weighted by molar-refractivity contribution is -0.127. The van der Waals surface area contributed by atoms with Crippen molar-refractivity contribution in [1.29, 1.82) is 0 Å². The highest BCUT2D eigenvalue weighted by Gasteiger charge is 2.34. The lowest BCUT2D eigenvalue weighted by Gasteiger charge is -2.35. The quantitative estimate of drug-likeness (QED) is 0.164. The smallest absolute Gasteiger partial charge is 0.240 e. The van der Waals surface area contributed by atoms with Crippen LogP contribution in [0.4, 0.5) is 0 Å². The Bertz CT molecular complexity index is 1610. The molecule has 3 aromatic carbocycles. The number of benzene rings is 3. The Labute approximate surface area is 278 Å². The molecule has 7 nitrogen and oxygen atoms in total. The molecule has 2 aliphatic rings. The first kappa shape index (κ1) is 32.5. The van der Waals surface area contributed by atoms with Crippen LogP contribution >= 0.6 is 32.4 Å². The predicted octanol–water partition coefficient (Wildman–Crippen LogP) is 5.02. The fourth-order valence-corrected chi connectivity index (χ4v) is 7.23. The summed E-state index contributed by atoms with van der Waals surface area (Å²) in [5, 5.41) is 10.3. The van der Waals surface area contributed by atoms with Crippen LogP contribution in [0.2, 0.25) is 10.0 Å². The van der Waals surface area contributed by atoms with Crippen LogP contribution in [0.1, 0.15) is 30.4 Å². The monoisotopic (exact) mass is 664 g/mol. The van der Waals surface area contributed by atoms with Crippen molar-refractivity contribution >= 4 is 54.6 Å². The molecule has 238 valence electrons. The Hall–Kier alpha value is -2.48. The fourth-order valence-electron chi connectivity index (χ4n) is 6.52. The zero-order valence-electron chi connectivity index (χ0n) is 25.7. The van der Waals surface area contributed by atoms with Crippen LogP contribution in [-0.4, -0.2) is 71.6 Å². The third-order valence-corrected chi connectivity index (χ3v) is 10.4. The van der Waals surface area contributed by atoms with Crippen LogP contribution < -0.4 is 21.7 Å². The topological polar surface area (TPSA) is 78.6 Å². The predicted molar refractivity (Wildman–Crippen MR) is 190 cm³/mol. The Morgan fingerprint density at radius 2 is 1.60 bits per heavy atom. The van der Waals surface area contributed by atoms with E-state index >= 15 is 0 Å². The minimum atomic E-state index is -0.755. The van der Waals surface area contributed by atoms with Crippen molar-refractivity contribution in [2.24, 2.45) is 5.73 Å². The Morgan fingerprint density at radius 1 is 0.933 bits per heavy atom. The molecule has 10 heteroatoms. The van der Waals surface area contributed by atoms with Crippen LogP contribution in [-0.2, 0) is 24.4 Å². The van der Waals surface area contributed by atoms with Gasteiger partial charge in [0.15, 0.2) is 0 Å². The molecule has 45 heavy (non-hydrogen) atoms. The second-order valence-corrected chi connectivity index (χ2v) is 14.0. The van der Waals surface area contributed by atoms with Crippen molar-refractivity contribution in [1.82, 2.24) is 25.0 Å². The maximum atomic E-state index is 12.8. The van der Waals surface area contributed by atoms with Gasteiger partial charge in [-0.3, -0.25) is 14.6 Å². The largest absolute Gasteiger partial charge is 0.354 e. The van der Waals surface area contributed by atoms with Gasteiger partial charge in [0.1, 0.15) is 0 Å². The molecule has 2 fully saturated rings. The summed E-state index contributed by atoms with van der Waals surface area (Å²) in [7, 11) is 2.77. The van der Waals surface area contributed by atoms with E-state index in [0.29, 0.717) is 19.4 Å². The van der Waals surface area contributed by atoms with Crippen LogP contribution in [0.3, 0.4) is 0 Å². The van der Waals surface area contributed by atoms with Gasteiger partial charge in [-0.05, 0) is 73.0 Å². The molecule has 0 radical (unpaired) electrons. The zero-order valence-corrected chi connectivity index (χ0v) is 28.4. The molecular formula is C35H43Cl2N6OP. The summed E-state index contributed by atoms with van der Waals surface area (Å²) in [5.74, 6) is -0.0299. The first-order valence-corrected chi connectivity index (χ1v) is 17.3. The first-order chi connectivity index (χ1) is 21.8. The average molecular weight is 666 g/mol. The lowest BCUT2D eigenvalue weighted by Crippen LogP contribution is -2.59. The summed E-state index contributed by atoms with van der Waals surface area (Å²) in [6.07, 6.45) is 4.45. The first-order valence-electron chi connectivity index (χ1n) is 15.9. The normalized spacial score (nSPS) is 17.5. The second kappa shape index (κ2) is 14.5. The number of nitrogens with two attached hydrogens (primary N) is 1. The fraction of sp³-hybridized carbons (Fsp3) is 0.400. The molecule has 1 unspecified atom stereocenters. The molecule has 2 aliphatic heterocycles. The number of carbonyl (C=O) groups is 1. The van der Waals surface area contributed by atoms with Gasteiger partial charge in [-0.25, -0.2) is 0 Å². The van der Waals surface area contributed by atoms with E-state index in [4.69, 9.17) is 28.9 Å². The van der Waals surface area contributed by atoms with E-state index in [2.05, 4.69) is 82.9 Å². The number of piperazine rings is 1. The molecule has 0 saturated carbocycles. The number of rotatable bonds is 10. The minimum absolute atomic E-state index is 0.0299. The highest BCUT2D eigenvalue weighted by molar-refractivity contribution is 7.27. The molecule has 3 heterocycles. The van der Waals surface area contributed by atoms with E-state index in [-0.39, 0.29) is 5.91 Å². The summed E-state index contributed by atoms with van der Waals surface area (Å²) >= 11 is 12.9. The van der Waals surface area contributed by atoms with Crippen LogP contribution in [0.25, 0.3) is 22.0 Å². The van der Waals surface area contributed by atoms with Crippen LogP contribution in [0.5, 0.6) is 0 Å². The summed E-state index contributed by atoms with van der Waals surface area (Å²) in [4.78, 5) is 17.8. The number of amides is 1. The number of carbonyl (C=O) groups excluding carboxylic acids is 1. The molecule has 4 N–H and O–H groups in total. The van der Waals surface area contributed by atoms with E-state index < -0.39 is 5.54 Å². The molecule has 6 rings (SSSR count). The molecule has 1 amide bonds. The van der Waals surface area contributed by atoms with Crippen molar-refractivity contribution in [2.45, 2.75) is 44.4 Å². The number of nitrogens with one attached hydrogen (secondary N) is 2. The minimum Gasteiger partial charge on any atom is -0.354 e. The van der Waals surface area contributed by atoms with Gasteiger partial charge < -0.3 is 20.9 Å². The molecular weight excluding hydrogens is 622 g/mol.